The van der Waals surface area contributed by atoms with Crippen LogP contribution < -0.4 is 0 Å². The van der Waals surface area contributed by atoms with Crippen LogP contribution in [-0.2, 0) is 16.1 Å². The van der Waals surface area contributed by atoms with Crippen molar-refractivity contribution in [3.63, 3.8) is 0 Å². The molecule has 0 bridgehead atoms. The van der Waals surface area contributed by atoms with E-state index in [0.29, 0.717) is 31.8 Å². The van der Waals surface area contributed by atoms with Gasteiger partial charge in [-0.05, 0) is 28.5 Å². The number of ether oxygens (including phenoxy) is 1. The number of likely N-dealkylation sites (tertiary alicyclic amines) is 1. The topological polar surface area (TPSA) is 49.9 Å². The van der Waals surface area contributed by atoms with Gasteiger partial charge in [0.15, 0.2) is 5.60 Å². The highest BCUT2D eigenvalue weighted by atomic mass is 32.1. The molecule has 0 radical (unpaired) electrons. The number of nitrogens with zero attached hydrogens (tertiary/aromatic N) is 2. The van der Waals surface area contributed by atoms with Gasteiger partial charge in [0.05, 0.1) is 25.3 Å². The maximum absolute atomic E-state index is 13.7. The van der Waals surface area contributed by atoms with Crippen molar-refractivity contribution in [2.75, 3.05) is 26.2 Å². The van der Waals surface area contributed by atoms with Gasteiger partial charge >= 0.3 is 0 Å². The lowest BCUT2D eigenvalue weighted by molar-refractivity contribution is -0.160. The summed E-state index contributed by atoms with van der Waals surface area (Å²) in [5.74, 6) is -0.174. The molecule has 30 heavy (non-hydrogen) atoms. The predicted molar refractivity (Wildman–Crippen MR) is 118 cm³/mol. The predicted octanol–water partition coefficient (Wildman–Crippen LogP) is 3.85. The Morgan fingerprint density at radius 3 is 2.73 bits per heavy atom. The van der Waals surface area contributed by atoms with E-state index in [2.05, 4.69) is 18.2 Å². The van der Waals surface area contributed by atoms with Crippen molar-refractivity contribution in [2.24, 2.45) is 0 Å². The minimum absolute atomic E-state index is 0.0208. The molecule has 3 aromatic rings. The smallest absolute Gasteiger partial charge is 0.257 e. The number of amides is 2. The summed E-state index contributed by atoms with van der Waals surface area (Å²) in [4.78, 5) is 31.6. The Hall–Kier alpha value is -2.48. The Kier molecular flexibility index (Phi) is 5.18. The lowest BCUT2D eigenvalue weighted by Crippen LogP contribution is -2.59. The number of benzene rings is 1. The zero-order chi connectivity index (χ0) is 20.6. The summed E-state index contributed by atoms with van der Waals surface area (Å²) in [5, 5.41) is 5.79. The summed E-state index contributed by atoms with van der Waals surface area (Å²) < 4.78 is 6.27. The summed E-state index contributed by atoms with van der Waals surface area (Å²) in [6, 6.07) is 16.0. The first-order chi connectivity index (χ1) is 14.7. The zero-order valence-electron chi connectivity index (χ0n) is 16.4. The number of rotatable bonds is 4. The van der Waals surface area contributed by atoms with Crippen molar-refractivity contribution in [2.45, 2.75) is 18.1 Å². The van der Waals surface area contributed by atoms with Crippen LogP contribution in [0.15, 0.2) is 64.7 Å². The first-order valence-corrected chi connectivity index (χ1v) is 11.8. The SMILES string of the molecule is O=C(c1ccsc1)N1CCO[C@]2(C1)C(=O)N(Cc1cccs1)C[C@H]2c1ccccc1. The second kappa shape index (κ2) is 7.98. The fourth-order valence-electron chi connectivity index (χ4n) is 4.48. The van der Waals surface area contributed by atoms with Crippen molar-refractivity contribution in [3.8, 4) is 0 Å². The molecule has 0 saturated carbocycles. The third kappa shape index (κ3) is 3.37. The molecule has 2 saturated heterocycles. The molecule has 2 aliphatic heterocycles. The maximum atomic E-state index is 13.7. The van der Waals surface area contributed by atoms with E-state index in [9.17, 15) is 9.59 Å². The summed E-state index contributed by atoms with van der Waals surface area (Å²) in [7, 11) is 0. The molecule has 0 N–H and O–H groups in total. The molecule has 1 spiro atoms. The average molecular weight is 439 g/mol. The van der Waals surface area contributed by atoms with Crippen LogP contribution in [0, 0.1) is 0 Å². The second-order valence-corrected chi connectivity index (χ2v) is 9.52. The van der Waals surface area contributed by atoms with Crippen LogP contribution in [0.5, 0.6) is 0 Å². The number of hydrogen-bond acceptors (Lipinski definition) is 5. The number of morpholine rings is 1. The van der Waals surface area contributed by atoms with Crippen LogP contribution in [0.4, 0.5) is 0 Å². The first-order valence-electron chi connectivity index (χ1n) is 9.99. The molecule has 2 aliphatic rings. The highest BCUT2D eigenvalue weighted by Gasteiger charge is 2.58. The van der Waals surface area contributed by atoms with Crippen LogP contribution in [0.1, 0.15) is 26.7 Å². The summed E-state index contributed by atoms with van der Waals surface area (Å²) >= 11 is 3.15. The van der Waals surface area contributed by atoms with Crippen molar-refractivity contribution in [1.29, 1.82) is 0 Å². The van der Waals surface area contributed by atoms with E-state index < -0.39 is 5.60 Å². The summed E-state index contributed by atoms with van der Waals surface area (Å²) in [6.07, 6.45) is 0. The maximum Gasteiger partial charge on any atom is 0.257 e. The zero-order valence-corrected chi connectivity index (χ0v) is 18.0. The van der Waals surface area contributed by atoms with E-state index in [1.807, 2.05) is 51.4 Å². The Balaban J connectivity index is 1.48. The molecule has 2 atom stereocenters. The third-order valence-electron chi connectivity index (χ3n) is 5.95. The molecule has 2 aromatic heterocycles. The average Bonchev–Trinajstić information content (AvgIpc) is 3.54. The number of carbonyl (C=O) groups excluding carboxylic acids is 2. The van der Waals surface area contributed by atoms with Crippen molar-refractivity contribution in [3.05, 3.63) is 80.7 Å². The second-order valence-electron chi connectivity index (χ2n) is 7.70. The number of thiophene rings is 2. The van der Waals surface area contributed by atoms with Crippen LogP contribution in [-0.4, -0.2) is 53.5 Å². The standard InChI is InChI=1S/C23H22N2O3S2/c26-21(18-8-12-29-15-18)24-9-10-28-23(16-24)20(17-5-2-1-3-6-17)14-25(22(23)27)13-19-7-4-11-30-19/h1-8,11-12,15,20H,9-10,13-14,16H2/t20-,23-/m0/s1. The lowest BCUT2D eigenvalue weighted by Gasteiger charge is -2.42. The Labute approximate surface area is 183 Å². The summed E-state index contributed by atoms with van der Waals surface area (Å²) in [6.45, 7) is 2.29. The summed E-state index contributed by atoms with van der Waals surface area (Å²) in [5.41, 5.74) is 0.710. The normalized spacial score (nSPS) is 24.0. The van der Waals surface area contributed by atoms with E-state index >= 15 is 0 Å². The van der Waals surface area contributed by atoms with E-state index in [-0.39, 0.29) is 24.3 Å². The molecule has 2 amide bonds. The molecule has 4 heterocycles. The Morgan fingerprint density at radius 1 is 1.13 bits per heavy atom. The fourth-order valence-corrected chi connectivity index (χ4v) is 5.83. The number of hydrogen-bond donors (Lipinski definition) is 0. The largest absolute Gasteiger partial charge is 0.361 e. The highest BCUT2D eigenvalue weighted by molar-refractivity contribution is 7.09. The van der Waals surface area contributed by atoms with E-state index in [0.717, 1.165) is 10.4 Å². The first kappa shape index (κ1) is 19.5. The molecule has 0 unspecified atom stereocenters. The van der Waals surface area contributed by atoms with Gasteiger partial charge < -0.3 is 14.5 Å². The van der Waals surface area contributed by atoms with Gasteiger partial charge in [-0.2, -0.15) is 11.3 Å². The van der Waals surface area contributed by atoms with Crippen LogP contribution >= 0.6 is 22.7 Å². The van der Waals surface area contributed by atoms with Crippen LogP contribution in [0.25, 0.3) is 0 Å². The van der Waals surface area contributed by atoms with Crippen molar-refractivity contribution >= 4 is 34.5 Å². The molecule has 5 nitrogen and oxygen atoms in total. The molecule has 7 heteroatoms. The van der Waals surface area contributed by atoms with E-state index in [4.69, 9.17) is 4.74 Å². The molecule has 154 valence electrons. The van der Waals surface area contributed by atoms with Gasteiger partial charge in [-0.3, -0.25) is 9.59 Å². The van der Waals surface area contributed by atoms with Gasteiger partial charge in [-0.15, -0.1) is 11.3 Å². The molecule has 0 aliphatic carbocycles. The van der Waals surface area contributed by atoms with Crippen LogP contribution in [0.3, 0.4) is 0 Å². The highest BCUT2D eigenvalue weighted by Crippen LogP contribution is 2.43. The molecular weight excluding hydrogens is 416 g/mol. The minimum atomic E-state index is -1.04. The van der Waals surface area contributed by atoms with Crippen molar-refractivity contribution in [1.82, 2.24) is 9.80 Å². The fraction of sp³-hybridized carbons (Fsp3) is 0.304. The Bertz CT molecular complexity index is 1020. The van der Waals surface area contributed by atoms with Gasteiger partial charge in [-0.1, -0.05) is 36.4 Å². The van der Waals surface area contributed by atoms with E-state index in [1.54, 1.807) is 16.2 Å². The Morgan fingerprint density at radius 2 is 2.00 bits per heavy atom. The van der Waals surface area contributed by atoms with Gasteiger partial charge in [0.2, 0.25) is 0 Å². The van der Waals surface area contributed by atoms with Crippen molar-refractivity contribution < 1.29 is 14.3 Å². The van der Waals surface area contributed by atoms with Gasteiger partial charge in [-0.25, -0.2) is 0 Å². The van der Waals surface area contributed by atoms with Gasteiger partial charge in [0, 0.05) is 29.3 Å². The minimum Gasteiger partial charge on any atom is -0.361 e. The van der Waals surface area contributed by atoms with Crippen LogP contribution in [0.2, 0.25) is 0 Å². The third-order valence-corrected chi connectivity index (χ3v) is 7.49. The monoisotopic (exact) mass is 438 g/mol. The molecule has 2 fully saturated rings. The lowest BCUT2D eigenvalue weighted by atomic mass is 9.83. The molecule has 5 rings (SSSR count). The van der Waals surface area contributed by atoms with Gasteiger partial charge in [0.25, 0.3) is 11.8 Å². The molecule has 1 aromatic carbocycles. The molecular formula is C23H22N2O3S2. The quantitative estimate of drug-likeness (QED) is 0.622. The number of carbonyl (C=O) groups is 2. The van der Waals surface area contributed by atoms with E-state index in [1.165, 1.54) is 11.3 Å². The van der Waals surface area contributed by atoms with Gasteiger partial charge in [0.1, 0.15) is 0 Å².